The van der Waals surface area contributed by atoms with Gasteiger partial charge in [0, 0.05) is 0 Å². The van der Waals surface area contributed by atoms with E-state index in [1.165, 1.54) is 4.90 Å². The Morgan fingerprint density at radius 1 is 1.03 bits per heavy atom. The molecule has 7 nitrogen and oxygen atoms in total. The molecule has 36 heavy (non-hydrogen) atoms. The zero-order chi connectivity index (χ0) is 25.4. The van der Waals surface area contributed by atoms with Crippen molar-refractivity contribution in [3.05, 3.63) is 59.7 Å². The Bertz CT molecular complexity index is 1100. The Balaban J connectivity index is 1.48. The number of rotatable bonds is 6. The molecule has 6 atom stereocenters. The summed E-state index contributed by atoms with van der Waals surface area (Å²) < 4.78 is 23.1. The smallest absolute Gasteiger partial charge is 0.411 e. The predicted molar refractivity (Wildman–Crippen MR) is 133 cm³/mol. The molecule has 0 N–H and O–H groups in total. The van der Waals surface area contributed by atoms with Crippen LogP contribution in [-0.2, 0) is 14.3 Å². The van der Waals surface area contributed by atoms with Crippen LogP contribution in [0.25, 0.3) is 0 Å². The van der Waals surface area contributed by atoms with Gasteiger partial charge in [-0.15, -0.1) is 0 Å². The summed E-state index contributed by atoms with van der Waals surface area (Å²) in [7, 11) is 0. The minimum Gasteiger partial charge on any atom is -0.460 e. The molecule has 5 rings (SSSR count). The maximum absolute atomic E-state index is 13.9. The Morgan fingerprint density at radius 3 is 2.53 bits per heavy atom. The average molecular weight is 494 g/mol. The molecule has 7 heteroatoms. The van der Waals surface area contributed by atoms with E-state index in [-0.39, 0.29) is 18.9 Å². The van der Waals surface area contributed by atoms with Crippen molar-refractivity contribution in [2.75, 3.05) is 6.79 Å². The van der Waals surface area contributed by atoms with Gasteiger partial charge in [0.15, 0.2) is 23.6 Å². The molecule has 0 bridgehead atoms. The highest BCUT2D eigenvalue weighted by Gasteiger charge is 2.51. The number of hydrogen-bond acceptors (Lipinski definition) is 6. The molecule has 2 aliphatic heterocycles. The van der Waals surface area contributed by atoms with Crippen molar-refractivity contribution in [2.45, 2.75) is 71.2 Å². The van der Waals surface area contributed by atoms with E-state index in [0.717, 1.165) is 24.8 Å². The van der Waals surface area contributed by atoms with Gasteiger partial charge < -0.3 is 18.9 Å². The van der Waals surface area contributed by atoms with E-state index in [1.807, 2.05) is 43.3 Å². The Kier molecular flexibility index (Phi) is 6.82. The van der Waals surface area contributed by atoms with Gasteiger partial charge >= 0.3 is 12.1 Å². The summed E-state index contributed by atoms with van der Waals surface area (Å²) in [5.74, 6) is 1.98. The van der Waals surface area contributed by atoms with Crippen molar-refractivity contribution in [3.63, 3.8) is 0 Å². The summed E-state index contributed by atoms with van der Waals surface area (Å²) >= 11 is 0. The third-order valence-corrected chi connectivity index (χ3v) is 7.92. The zero-order valence-corrected chi connectivity index (χ0v) is 21.4. The summed E-state index contributed by atoms with van der Waals surface area (Å²) in [4.78, 5) is 28.8. The Labute approximate surface area is 212 Å². The van der Waals surface area contributed by atoms with Crippen molar-refractivity contribution in [3.8, 4) is 11.5 Å². The quantitative estimate of drug-likeness (QED) is 0.457. The van der Waals surface area contributed by atoms with Gasteiger partial charge in [0.25, 0.3) is 0 Å². The number of nitrogens with zero attached hydrogens (tertiary/aromatic N) is 1. The predicted octanol–water partition coefficient (Wildman–Crippen LogP) is 6.04. The minimum atomic E-state index is -0.918. The number of esters is 1. The fourth-order valence-corrected chi connectivity index (χ4v) is 5.83. The second kappa shape index (κ2) is 10.0. The molecule has 1 saturated heterocycles. The molecule has 2 fully saturated rings. The van der Waals surface area contributed by atoms with Gasteiger partial charge in [-0.3, -0.25) is 4.90 Å². The maximum atomic E-state index is 13.9. The van der Waals surface area contributed by atoms with E-state index < -0.39 is 24.2 Å². The number of hydrogen-bond donors (Lipinski definition) is 0. The number of cyclic esters (lactones) is 1. The first-order chi connectivity index (χ1) is 17.3. The molecule has 0 radical (unpaired) electrons. The molecular weight excluding hydrogens is 458 g/mol. The summed E-state index contributed by atoms with van der Waals surface area (Å²) in [6.45, 7) is 8.63. The summed E-state index contributed by atoms with van der Waals surface area (Å²) in [6.07, 6.45) is 1.48. The number of benzene rings is 2. The van der Waals surface area contributed by atoms with Crippen LogP contribution in [0.3, 0.4) is 0 Å². The van der Waals surface area contributed by atoms with E-state index >= 15 is 0 Å². The number of ether oxygens (including phenoxy) is 4. The van der Waals surface area contributed by atoms with Crippen LogP contribution in [0.1, 0.15) is 70.2 Å². The van der Waals surface area contributed by atoms with Gasteiger partial charge in [0.05, 0.1) is 6.04 Å². The summed E-state index contributed by atoms with van der Waals surface area (Å²) in [6, 6.07) is 13.8. The number of carbonyl (C=O) groups is 2. The van der Waals surface area contributed by atoms with Crippen molar-refractivity contribution < 1.29 is 28.5 Å². The monoisotopic (exact) mass is 493 g/mol. The lowest BCUT2D eigenvalue weighted by Gasteiger charge is -2.38. The highest BCUT2D eigenvalue weighted by atomic mass is 16.7. The molecule has 1 saturated carbocycles. The normalized spacial score (nSPS) is 28.2. The summed E-state index contributed by atoms with van der Waals surface area (Å²) in [5, 5.41) is 0. The Hall–Kier alpha value is -3.22. The molecular formula is C29H35NO6. The second-order valence-corrected chi connectivity index (χ2v) is 10.7. The molecule has 1 aliphatic carbocycles. The average Bonchev–Trinajstić information content (AvgIpc) is 3.47. The van der Waals surface area contributed by atoms with Crippen LogP contribution in [0.15, 0.2) is 48.5 Å². The van der Waals surface area contributed by atoms with Crippen molar-refractivity contribution in [2.24, 2.45) is 17.8 Å². The number of amides is 1. The van der Waals surface area contributed by atoms with Crippen molar-refractivity contribution in [1.82, 2.24) is 4.90 Å². The van der Waals surface area contributed by atoms with Crippen LogP contribution in [-0.4, -0.2) is 35.9 Å². The molecule has 3 aliphatic rings. The molecule has 0 aromatic heterocycles. The lowest BCUT2D eigenvalue weighted by Crippen LogP contribution is -2.46. The zero-order valence-electron chi connectivity index (χ0n) is 21.4. The highest BCUT2D eigenvalue weighted by molar-refractivity contribution is 5.86. The van der Waals surface area contributed by atoms with Gasteiger partial charge in [0.1, 0.15) is 6.10 Å². The van der Waals surface area contributed by atoms with Crippen LogP contribution in [0.5, 0.6) is 11.5 Å². The van der Waals surface area contributed by atoms with E-state index in [2.05, 4.69) is 20.8 Å². The molecule has 5 unspecified atom stereocenters. The van der Waals surface area contributed by atoms with E-state index in [0.29, 0.717) is 34.8 Å². The fraction of sp³-hybridized carbons (Fsp3) is 0.517. The molecule has 1 amide bonds. The van der Waals surface area contributed by atoms with Crippen LogP contribution >= 0.6 is 0 Å². The first-order valence-electron chi connectivity index (χ1n) is 13.0. The second-order valence-electron chi connectivity index (χ2n) is 10.7. The van der Waals surface area contributed by atoms with E-state index in [4.69, 9.17) is 18.9 Å². The van der Waals surface area contributed by atoms with Crippen molar-refractivity contribution >= 4 is 12.1 Å². The van der Waals surface area contributed by atoms with Gasteiger partial charge in [-0.2, -0.15) is 0 Å². The lowest BCUT2D eigenvalue weighted by atomic mass is 9.75. The van der Waals surface area contributed by atoms with E-state index in [1.54, 1.807) is 12.1 Å². The fourth-order valence-electron chi connectivity index (χ4n) is 5.83. The molecule has 2 heterocycles. The standard InChI is InChI=1S/C29H35NO6/c1-17(2)22-12-10-18(3)14-24(22)35-28(31)26-27(21-11-13-23-25(15-21)34-16-33-23)36-29(32)30(26)19(4)20-8-6-5-7-9-20/h5-9,11,13,15,17-19,22,24,26-27H,10,12,14,16H2,1-4H3/t18?,19-,22?,24?,26?,27?/m0/s1. The molecule has 2 aromatic rings. The largest absolute Gasteiger partial charge is 0.460 e. The highest BCUT2D eigenvalue weighted by Crippen LogP contribution is 2.43. The lowest BCUT2D eigenvalue weighted by molar-refractivity contribution is -0.162. The SMILES string of the molecule is CC1CCC(C(C)C)C(OC(=O)C2C(c3ccc4c(c3)OCO4)OC(=O)N2[C@@H](C)c2ccccc2)C1. The molecule has 2 aromatic carbocycles. The topological polar surface area (TPSA) is 74.3 Å². The van der Waals surface area contributed by atoms with Crippen LogP contribution in [0, 0.1) is 17.8 Å². The Morgan fingerprint density at radius 2 is 1.78 bits per heavy atom. The molecule has 0 spiro atoms. The first kappa shape index (κ1) is 24.5. The van der Waals surface area contributed by atoms with Crippen LogP contribution in [0.2, 0.25) is 0 Å². The first-order valence-corrected chi connectivity index (χ1v) is 13.0. The summed E-state index contributed by atoms with van der Waals surface area (Å²) in [5.41, 5.74) is 1.60. The number of carbonyl (C=O) groups excluding carboxylic acids is 2. The van der Waals surface area contributed by atoms with Gasteiger partial charge in [-0.25, -0.2) is 9.59 Å². The number of fused-ring (bicyclic) bond motifs is 1. The van der Waals surface area contributed by atoms with Crippen LogP contribution in [0.4, 0.5) is 4.79 Å². The van der Waals surface area contributed by atoms with Gasteiger partial charge in [-0.1, -0.05) is 63.6 Å². The van der Waals surface area contributed by atoms with Crippen LogP contribution < -0.4 is 9.47 Å². The van der Waals surface area contributed by atoms with Gasteiger partial charge in [-0.05, 0) is 60.8 Å². The minimum absolute atomic E-state index is 0.141. The molecule has 192 valence electrons. The third-order valence-electron chi connectivity index (χ3n) is 7.92. The van der Waals surface area contributed by atoms with E-state index in [9.17, 15) is 9.59 Å². The van der Waals surface area contributed by atoms with Crippen molar-refractivity contribution in [1.29, 1.82) is 0 Å². The van der Waals surface area contributed by atoms with Gasteiger partial charge in [0.2, 0.25) is 6.79 Å². The third kappa shape index (κ3) is 4.63. The maximum Gasteiger partial charge on any atom is 0.411 e.